The standard InChI is InChI=1S/C11H9F3N2O2S2/c1-5-6-8(19-3-2-11(12,13)14)15-4-16-9(6)20-7(5)10(17)18/h4H,2-3H2,1H3,(H,17,18). The number of carbonyl (C=O) groups is 1. The number of carboxylic acids is 1. The van der Waals surface area contributed by atoms with Crippen LogP contribution in [0.5, 0.6) is 0 Å². The Morgan fingerprint density at radius 3 is 2.75 bits per heavy atom. The minimum absolute atomic E-state index is 0.137. The van der Waals surface area contributed by atoms with E-state index in [9.17, 15) is 18.0 Å². The van der Waals surface area contributed by atoms with Crippen LogP contribution in [-0.4, -0.2) is 33.0 Å². The van der Waals surface area contributed by atoms with E-state index < -0.39 is 18.6 Å². The number of aryl methyl sites for hydroxylation is 1. The fourth-order valence-corrected chi connectivity index (χ4v) is 3.71. The second-order valence-electron chi connectivity index (χ2n) is 3.93. The van der Waals surface area contributed by atoms with Crippen molar-refractivity contribution in [1.29, 1.82) is 0 Å². The Balaban J connectivity index is 2.32. The SMILES string of the molecule is Cc1c(C(=O)O)sc2ncnc(SCCC(F)(F)F)c12. The molecule has 108 valence electrons. The van der Waals surface area contributed by atoms with Crippen molar-refractivity contribution in [3.63, 3.8) is 0 Å². The minimum Gasteiger partial charge on any atom is -0.477 e. The largest absolute Gasteiger partial charge is 0.477 e. The molecule has 0 fully saturated rings. The molecule has 2 heterocycles. The maximum absolute atomic E-state index is 12.1. The van der Waals surface area contributed by atoms with Gasteiger partial charge in [0.1, 0.15) is 21.1 Å². The number of aromatic carboxylic acids is 1. The first kappa shape index (κ1) is 15.0. The molecule has 2 rings (SSSR count). The highest BCUT2D eigenvalue weighted by atomic mass is 32.2. The number of halogens is 3. The topological polar surface area (TPSA) is 63.1 Å². The number of thioether (sulfide) groups is 1. The molecule has 0 atom stereocenters. The molecule has 20 heavy (non-hydrogen) atoms. The Bertz CT molecular complexity index is 655. The average molecular weight is 322 g/mol. The second kappa shape index (κ2) is 5.57. The molecule has 0 saturated heterocycles. The van der Waals surface area contributed by atoms with E-state index in [-0.39, 0.29) is 10.6 Å². The Morgan fingerprint density at radius 1 is 1.45 bits per heavy atom. The van der Waals surface area contributed by atoms with Crippen LogP contribution in [0.2, 0.25) is 0 Å². The number of hydrogen-bond acceptors (Lipinski definition) is 5. The average Bonchev–Trinajstić information content (AvgIpc) is 2.66. The lowest BCUT2D eigenvalue weighted by Gasteiger charge is -2.06. The van der Waals surface area contributed by atoms with E-state index in [1.54, 1.807) is 6.92 Å². The highest BCUT2D eigenvalue weighted by molar-refractivity contribution is 7.99. The number of nitrogens with zero attached hydrogens (tertiary/aromatic N) is 2. The van der Waals surface area contributed by atoms with Crippen LogP contribution in [0.1, 0.15) is 21.7 Å². The van der Waals surface area contributed by atoms with Crippen molar-refractivity contribution in [2.75, 3.05) is 5.75 Å². The van der Waals surface area contributed by atoms with Gasteiger partial charge in [-0.15, -0.1) is 23.1 Å². The predicted molar refractivity (Wildman–Crippen MR) is 70.5 cm³/mol. The highest BCUT2D eigenvalue weighted by Crippen LogP contribution is 2.36. The summed E-state index contributed by atoms with van der Waals surface area (Å²) in [4.78, 5) is 19.6. The van der Waals surface area contributed by atoms with Gasteiger partial charge in [0, 0.05) is 11.1 Å². The van der Waals surface area contributed by atoms with Gasteiger partial charge in [0.25, 0.3) is 0 Å². The van der Waals surface area contributed by atoms with E-state index in [1.807, 2.05) is 0 Å². The van der Waals surface area contributed by atoms with Gasteiger partial charge in [-0.2, -0.15) is 13.2 Å². The van der Waals surface area contributed by atoms with Crippen LogP contribution in [0.3, 0.4) is 0 Å². The molecule has 0 aliphatic rings. The fraction of sp³-hybridized carbons (Fsp3) is 0.364. The van der Waals surface area contributed by atoms with Crippen molar-refractivity contribution in [3.8, 4) is 0 Å². The number of fused-ring (bicyclic) bond motifs is 1. The van der Waals surface area contributed by atoms with E-state index >= 15 is 0 Å². The molecule has 0 saturated carbocycles. The molecule has 0 aliphatic heterocycles. The van der Waals surface area contributed by atoms with E-state index in [0.717, 1.165) is 23.1 Å². The summed E-state index contributed by atoms with van der Waals surface area (Å²) in [5.74, 6) is -1.23. The summed E-state index contributed by atoms with van der Waals surface area (Å²) < 4.78 is 36.4. The number of hydrogen-bond donors (Lipinski definition) is 1. The molecule has 0 bridgehead atoms. The molecule has 9 heteroatoms. The third kappa shape index (κ3) is 3.21. The molecule has 0 amide bonds. The van der Waals surface area contributed by atoms with Crippen LogP contribution in [0.15, 0.2) is 11.4 Å². The summed E-state index contributed by atoms with van der Waals surface area (Å²) in [6, 6.07) is 0. The Hall–Kier alpha value is -1.35. The summed E-state index contributed by atoms with van der Waals surface area (Å²) in [6.07, 6.45) is -3.90. The Labute approximate surface area is 120 Å². The van der Waals surface area contributed by atoms with Gasteiger partial charge in [-0.25, -0.2) is 14.8 Å². The molecule has 0 aromatic carbocycles. The Kier molecular flexibility index (Phi) is 4.19. The van der Waals surface area contributed by atoms with Gasteiger partial charge in [0.05, 0.1) is 6.42 Å². The van der Waals surface area contributed by atoms with Gasteiger partial charge in [-0.05, 0) is 12.5 Å². The summed E-state index contributed by atoms with van der Waals surface area (Å²) in [5.41, 5.74) is 0.493. The van der Waals surface area contributed by atoms with E-state index in [4.69, 9.17) is 5.11 Å². The number of carboxylic acid groups (broad SMARTS) is 1. The monoisotopic (exact) mass is 322 g/mol. The second-order valence-corrected chi connectivity index (χ2v) is 6.02. The number of alkyl halides is 3. The van der Waals surface area contributed by atoms with Crippen LogP contribution in [0, 0.1) is 6.92 Å². The molecular weight excluding hydrogens is 313 g/mol. The van der Waals surface area contributed by atoms with Crippen molar-refractivity contribution in [2.45, 2.75) is 24.5 Å². The third-order valence-electron chi connectivity index (χ3n) is 2.51. The molecule has 0 radical (unpaired) electrons. The first-order valence-corrected chi connectivity index (χ1v) is 7.26. The smallest absolute Gasteiger partial charge is 0.389 e. The molecule has 1 N–H and O–H groups in total. The van der Waals surface area contributed by atoms with Crippen LogP contribution >= 0.6 is 23.1 Å². The van der Waals surface area contributed by atoms with Crippen LogP contribution in [0.25, 0.3) is 10.2 Å². The van der Waals surface area contributed by atoms with E-state index in [0.29, 0.717) is 20.8 Å². The first-order chi connectivity index (χ1) is 9.29. The number of thiophene rings is 1. The summed E-state index contributed by atoms with van der Waals surface area (Å²) >= 11 is 1.96. The van der Waals surface area contributed by atoms with Crippen molar-refractivity contribution < 1.29 is 23.1 Å². The summed E-state index contributed by atoms with van der Waals surface area (Å²) in [7, 11) is 0. The highest BCUT2D eigenvalue weighted by Gasteiger charge is 2.27. The molecule has 0 aliphatic carbocycles. The zero-order valence-electron chi connectivity index (χ0n) is 10.2. The van der Waals surface area contributed by atoms with Crippen LogP contribution in [-0.2, 0) is 0 Å². The molecule has 0 unspecified atom stereocenters. The van der Waals surface area contributed by atoms with E-state index in [2.05, 4.69) is 9.97 Å². The van der Waals surface area contributed by atoms with Crippen LogP contribution in [0.4, 0.5) is 13.2 Å². The van der Waals surface area contributed by atoms with Crippen molar-refractivity contribution in [1.82, 2.24) is 9.97 Å². The van der Waals surface area contributed by atoms with Crippen LogP contribution < -0.4 is 0 Å². The molecule has 0 spiro atoms. The first-order valence-electron chi connectivity index (χ1n) is 5.46. The van der Waals surface area contributed by atoms with Gasteiger partial charge in [-0.3, -0.25) is 0 Å². The third-order valence-corrected chi connectivity index (χ3v) is 4.69. The van der Waals surface area contributed by atoms with Gasteiger partial charge in [-0.1, -0.05) is 0 Å². The van der Waals surface area contributed by atoms with Gasteiger partial charge in [0.2, 0.25) is 0 Å². The minimum atomic E-state index is -4.21. The van der Waals surface area contributed by atoms with Gasteiger partial charge < -0.3 is 5.11 Å². The number of aromatic nitrogens is 2. The zero-order chi connectivity index (χ0) is 14.9. The maximum Gasteiger partial charge on any atom is 0.389 e. The lowest BCUT2D eigenvalue weighted by atomic mass is 10.2. The molecular formula is C11H9F3N2O2S2. The van der Waals surface area contributed by atoms with E-state index in [1.165, 1.54) is 6.33 Å². The fourth-order valence-electron chi connectivity index (χ4n) is 1.62. The van der Waals surface area contributed by atoms with Gasteiger partial charge >= 0.3 is 12.1 Å². The predicted octanol–water partition coefficient (Wildman–Crippen LogP) is 3.74. The summed E-state index contributed by atoms with van der Waals surface area (Å²) in [6.45, 7) is 1.61. The lowest BCUT2D eigenvalue weighted by Crippen LogP contribution is -2.08. The van der Waals surface area contributed by atoms with Gasteiger partial charge in [0.15, 0.2) is 0 Å². The maximum atomic E-state index is 12.1. The summed E-state index contributed by atoms with van der Waals surface area (Å²) in [5, 5.41) is 9.97. The molecule has 2 aromatic rings. The zero-order valence-corrected chi connectivity index (χ0v) is 11.8. The molecule has 2 aromatic heterocycles. The quantitative estimate of drug-likeness (QED) is 0.686. The van der Waals surface area contributed by atoms with Crippen molar-refractivity contribution >= 4 is 39.3 Å². The Morgan fingerprint density at radius 2 is 2.15 bits per heavy atom. The normalized spacial score (nSPS) is 12.0. The molecule has 4 nitrogen and oxygen atoms in total. The van der Waals surface area contributed by atoms with Crippen molar-refractivity contribution in [2.24, 2.45) is 0 Å². The lowest BCUT2D eigenvalue weighted by molar-refractivity contribution is -0.129. The van der Waals surface area contributed by atoms with Crippen molar-refractivity contribution in [3.05, 3.63) is 16.8 Å². The number of rotatable bonds is 4.